The molecule has 1 aromatic heterocycles. The lowest BCUT2D eigenvalue weighted by Crippen LogP contribution is -1.96. The Morgan fingerprint density at radius 3 is 2.50 bits per heavy atom. The first kappa shape index (κ1) is 12.5. The molecule has 0 aliphatic rings. The summed E-state index contributed by atoms with van der Waals surface area (Å²) in [4.78, 5) is 11.3. The number of carboxylic acids is 1. The van der Waals surface area contributed by atoms with Crippen molar-refractivity contribution in [1.29, 1.82) is 0 Å². The van der Waals surface area contributed by atoms with Crippen molar-refractivity contribution < 1.29 is 9.90 Å². The van der Waals surface area contributed by atoms with Crippen molar-refractivity contribution in [3.05, 3.63) is 59.8 Å². The van der Waals surface area contributed by atoms with Gasteiger partial charge in [-0.1, -0.05) is 42.5 Å². The Labute approximate surface area is 117 Å². The van der Waals surface area contributed by atoms with Crippen molar-refractivity contribution in [3.63, 3.8) is 0 Å². The molecular formula is C17H15NO2. The largest absolute Gasteiger partial charge is 0.478 e. The summed E-state index contributed by atoms with van der Waals surface area (Å²) in [6, 6.07) is 14.2. The van der Waals surface area contributed by atoms with Gasteiger partial charge in [-0.15, -0.1) is 0 Å². The van der Waals surface area contributed by atoms with E-state index in [1.807, 2.05) is 42.8 Å². The molecule has 0 radical (unpaired) electrons. The molecule has 0 amide bonds. The van der Waals surface area contributed by atoms with Gasteiger partial charge in [0.2, 0.25) is 0 Å². The number of carbonyl (C=O) groups is 1. The van der Waals surface area contributed by atoms with Gasteiger partial charge in [-0.3, -0.25) is 0 Å². The highest BCUT2D eigenvalue weighted by atomic mass is 16.4. The summed E-state index contributed by atoms with van der Waals surface area (Å²) in [5, 5.41) is 11.5. The Kier molecular flexibility index (Phi) is 2.83. The fraction of sp³-hybridized carbons (Fsp3) is 0.118. The number of aryl methyl sites for hydroxylation is 1. The number of fused-ring (bicyclic) bond motifs is 1. The minimum atomic E-state index is -0.885. The molecule has 0 aliphatic carbocycles. The highest BCUT2D eigenvalue weighted by Gasteiger charge is 2.17. The van der Waals surface area contributed by atoms with Crippen LogP contribution >= 0.6 is 0 Å². The second kappa shape index (κ2) is 4.53. The van der Waals surface area contributed by atoms with Gasteiger partial charge < -0.3 is 9.67 Å². The van der Waals surface area contributed by atoms with Crippen LogP contribution < -0.4 is 0 Å². The third-order valence-corrected chi connectivity index (χ3v) is 3.71. The minimum absolute atomic E-state index is 0.357. The Hall–Kier alpha value is -2.55. The molecule has 3 aromatic rings. The van der Waals surface area contributed by atoms with E-state index >= 15 is 0 Å². The van der Waals surface area contributed by atoms with Crippen LogP contribution in [0.4, 0.5) is 0 Å². The lowest BCUT2D eigenvalue weighted by molar-refractivity contribution is 0.0696. The maximum atomic E-state index is 11.3. The van der Waals surface area contributed by atoms with Crippen LogP contribution in [0, 0.1) is 6.92 Å². The average Bonchev–Trinajstić information content (AvgIpc) is 2.74. The van der Waals surface area contributed by atoms with Gasteiger partial charge in [-0.25, -0.2) is 4.79 Å². The minimum Gasteiger partial charge on any atom is -0.478 e. The average molecular weight is 265 g/mol. The van der Waals surface area contributed by atoms with Crippen LogP contribution in [-0.2, 0) is 7.05 Å². The van der Waals surface area contributed by atoms with Crippen LogP contribution in [0.5, 0.6) is 0 Å². The molecule has 3 heteroatoms. The molecule has 100 valence electrons. The standard InChI is InChI=1S/C17H15NO2/c1-11-15(17(19)20)10-18(2)16(11)14-9-5-7-12-6-3-4-8-13(12)14/h3-10H,1-2H3,(H,19,20). The third kappa shape index (κ3) is 1.79. The summed E-state index contributed by atoms with van der Waals surface area (Å²) < 4.78 is 1.89. The second-order valence-electron chi connectivity index (χ2n) is 4.96. The third-order valence-electron chi connectivity index (χ3n) is 3.71. The van der Waals surface area contributed by atoms with E-state index in [1.54, 1.807) is 6.20 Å². The normalized spacial score (nSPS) is 10.9. The zero-order valence-electron chi connectivity index (χ0n) is 11.4. The fourth-order valence-corrected chi connectivity index (χ4v) is 2.79. The van der Waals surface area contributed by atoms with E-state index in [-0.39, 0.29) is 0 Å². The first-order valence-electron chi connectivity index (χ1n) is 6.47. The Balaban J connectivity index is 2.34. The first-order valence-corrected chi connectivity index (χ1v) is 6.47. The molecule has 0 saturated carbocycles. The summed E-state index contributed by atoms with van der Waals surface area (Å²) >= 11 is 0. The SMILES string of the molecule is Cc1c(C(=O)O)cn(C)c1-c1cccc2ccccc12. The summed E-state index contributed by atoms with van der Waals surface area (Å²) in [6.45, 7) is 1.86. The molecule has 20 heavy (non-hydrogen) atoms. The maximum absolute atomic E-state index is 11.3. The van der Waals surface area contributed by atoms with Crippen LogP contribution in [0.2, 0.25) is 0 Å². The second-order valence-corrected chi connectivity index (χ2v) is 4.96. The molecule has 0 atom stereocenters. The predicted octanol–water partition coefficient (Wildman–Crippen LogP) is 3.85. The fourth-order valence-electron chi connectivity index (χ4n) is 2.79. The molecule has 1 N–H and O–H groups in total. The van der Waals surface area contributed by atoms with Gasteiger partial charge in [0.25, 0.3) is 0 Å². The van der Waals surface area contributed by atoms with E-state index < -0.39 is 5.97 Å². The Morgan fingerprint density at radius 2 is 1.80 bits per heavy atom. The van der Waals surface area contributed by atoms with Gasteiger partial charge in [0, 0.05) is 18.8 Å². The predicted molar refractivity (Wildman–Crippen MR) is 80.1 cm³/mol. The zero-order valence-corrected chi connectivity index (χ0v) is 11.4. The molecule has 2 aromatic carbocycles. The van der Waals surface area contributed by atoms with Gasteiger partial charge in [-0.2, -0.15) is 0 Å². The summed E-state index contributed by atoms with van der Waals surface area (Å²) in [5.41, 5.74) is 3.18. The Morgan fingerprint density at radius 1 is 1.10 bits per heavy atom. The number of aromatic nitrogens is 1. The zero-order chi connectivity index (χ0) is 14.3. The van der Waals surface area contributed by atoms with Gasteiger partial charge in [0.15, 0.2) is 0 Å². The molecule has 0 fully saturated rings. The topological polar surface area (TPSA) is 42.2 Å². The van der Waals surface area contributed by atoms with Crippen molar-refractivity contribution >= 4 is 16.7 Å². The van der Waals surface area contributed by atoms with Crippen LogP contribution in [-0.4, -0.2) is 15.6 Å². The number of carboxylic acid groups (broad SMARTS) is 1. The highest BCUT2D eigenvalue weighted by Crippen LogP contribution is 2.32. The van der Waals surface area contributed by atoms with Crippen molar-refractivity contribution in [1.82, 2.24) is 4.57 Å². The van der Waals surface area contributed by atoms with Crippen molar-refractivity contribution in [2.24, 2.45) is 7.05 Å². The molecule has 0 aliphatic heterocycles. The molecule has 3 nitrogen and oxygen atoms in total. The highest BCUT2D eigenvalue weighted by molar-refractivity contribution is 5.99. The van der Waals surface area contributed by atoms with E-state index in [0.29, 0.717) is 5.56 Å². The monoisotopic (exact) mass is 265 g/mol. The quantitative estimate of drug-likeness (QED) is 0.764. The number of rotatable bonds is 2. The Bertz CT molecular complexity index is 810. The molecular weight excluding hydrogens is 250 g/mol. The number of hydrogen-bond acceptors (Lipinski definition) is 1. The van der Waals surface area contributed by atoms with Gasteiger partial charge >= 0.3 is 5.97 Å². The van der Waals surface area contributed by atoms with Gasteiger partial charge in [0.05, 0.1) is 11.3 Å². The van der Waals surface area contributed by atoms with Crippen LogP contribution in [0.1, 0.15) is 15.9 Å². The number of benzene rings is 2. The lowest BCUT2D eigenvalue weighted by atomic mass is 9.99. The van der Waals surface area contributed by atoms with Gasteiger partial charge in [-0.05, 0) is 23.3 Å². The number of hydrogen-bond donors (Lipinski definition) is 1. The molecule has 0 saturated heterocycles. The van der Waals surface area contributed by atoms with E-state index in [9.17, 15) is 9.90 Å². The van der Waals surface area contributed by atoms with Crippen molar-refractivity contribution in [3.8, 4) is 11.3 Å². The molecule has 0 spiro atoms. The summed E-state index contributed by atoms with van der Waals surface area (Å²) in [5.74, 6) is -0.885. The number of aromatic carboxylic acids is 1. The van der Waals surface area contributed by atoms with Crippen molar-refractivity contribution in [2.45, 2.75) is 6.92 Å². The molecule has 1 heterocycles. The maximum Gasteiger partial charge on any atom is 0.337 e. The van der Waals surface area contributed by atoms with Crippen molar-refractivity contribution in [2.75, 3.05) is 0 Å². The first-order chi connectivity index (χ1) is 9.59. The molecule has 0 bridgehead atoms. The van der Waals surface area contributed by atoms with E-state index in [1.165, 1.54) is 0 Å². The van der Waals surface area contributed by atoms with Crippen LogP contribution in [0.3, 0.4) is 0 Å². The lowest BCUT2D eigenvalue weighted by Gasteiger charge is -2.09. The smallest absolute Gasteiger partial charge is 0.337 e. The van der Waals surface area contributed by atoms with E-state index in [2.05, 4.69) is 18.2 Å². The summed E-state index contributed by atoms with van der Waals surface area (Å²) in [6.07, 6.45) is 1.68. The molecule has 3 rings (SSSR count). The van der Waals surface area contributed by atoms with Crippen LogP contribution in [0.25, 0.3) is 22.0 Å². The van der Waals surface area contributed by atoms with E-state index in [4.69, 9.17) is 0 Å². The number of nitrogens with zero attached hydrogens (tertiary/aromatic N) is 1. The van der Waals surface area contributed by atoms with E-state index in [0.717, 1.165) is 27.6 Å². The molecule has 0 unspecified atom stereocenters. The van der Waals surface area contributed by atoms with Crippen LogP contribution in [0.15, 0.2) is 48.7 Å². The summed E-state index contributed by atoms with van der Waals surface area (Å²) in [7, 11) is 1.89. The van der Waals surface area contributed by atoms with Gasteiger partial charge in [0.1, 0.15) is 0 Å².